The molecule has 0 atom stereocenters. The minimum Gasteiger partial charge on any atom is -0.369 e. The number of benzene rings is 2. The first-order valence-corrected chi connectivity index (χ1v) is 13.6. The Morgan fingerprint density at radius 1 is 0.914 bits per heavy atom. The summed E-state index contributed by atoms with van der Waals surface area (Å²) in [7, 11) is -1.52. The van der Waals surface area contributed by atoms with E-state index in [1.807, 2.05) is 12.1 Å². The predicted molar refractivity (Wildman–Crippen MR) is 137 cm³/mol. The van der Waals surface area contributed by atoms with Crippen LogP contribution in [0.2, 0.25) is 0 Å². The molecule has 0 saturated carbocycles. The fourth-order valence-electron chi connectivity index (χ4n) is 4.75. The maximum Gasteiger partial charge on any atom is 0.243 e. The second kappa shape index (κ2) is 10.5. The van der Waals surface area contributed by atoms with Crippen LogP contribution in [-0.4, -0.2) is 75.6 Å². The van der Waals surface area contributed by atoms with Crippen molar-refractivity contribution >= 4 is 33.1 Å². The van der Waals surface area contributed by atoms with Crippen LogP contribution in [0, 0.1) is 12.8 Å². The summed E-state index contributed by atoms with van der Waals surface area (Å²) < 4.78 is 27.4. The van der Waals surface area contributed by atoms with Crippen molar-refractivity contribution in [3.63, 3.8) is 0 Å². The fraction of sp³-hybridized carbons (Fsp3) is 0.462. The van der Waals surface area contributed by atoms with Gasteiger partial charge in [0.15, 0.2) is 5.78 Å². The van der Waals surface area contributed by atoms with Crippen molar-refractivity contribution in [2.75, 3.05) is 56.5 Å². The molecule has 9 heteroatoms. The van der Waals surface area contributed by atoms with E-state index < -0.39 is 10.0 Å². The molecule has 2 fully saturated rings. The van der Waals surface area contributed by atoms with Crippen LogP contribution in [0.25, 0.3) is 0 Å². The van der Waals surface area contributed by atoms with Gasteiger partial charge in [-0.05, 0) is 69.6 Å². The summed E-state index contributed by atoms with van der Waals surface area (Å²) in [6.07, 6.45) is 0.934. The number of ketones is 1. The largest absolute Gasteiger partial charge is 0.369 e. The van der Waals surface area contributed by atoms with E-state index in [0.29, 0.717) is 18.4 Å². The van der Waals surface area contributed by atoms with Crippen molar-refractivity contribution in [1.29, 1.82) is 0 Å². The first-order chi connectivity index (χ1) is 16.6. The molecule has 2 saturated heterocycles. The van der Waals surface area contributed by atoms with E-state index in [0.717, 1.165) is 37.4 Å². The molecule has 8 nitrogen and oxygen atoms in total. The number of amides is 1. The summed E-state index contributed by atoms with van der Waals surface area (Å²) in [6, 6.07) is 12.0. The summed E-state index contributed by atoms with van der Waals surface area (Å²) in [6.45, 7) is 8.15. The lowest BCUT2D eigenvalue weighted by molar-refractivity contribution is -0.120. The topological polar surface area (TPSA) is 90.0 Å². The zero-order valence-electron chi connectivity index (χ0n) is 20.7. The Hall–Kier alpha value is -2.75. The molecule has 4 rings (SSSR count). The van der Waals surface area contributed by atoms with Gasteiger partial charge in [0.25, 0.3) is 0 Å². The number of piperazine rings is 1. The second-order valence-electron chi connectivity index (χ2n) is 9.54. The molecule has 2 aliphatic rings. The number of rotatable bonds is 6. The van der Waals surface area contributed by atoms with Crippen molar-refractivity contribution in [2.45, 2.75) is 31.6 Å². The van der Waals surface area contributed by atoms with Crippen molar-refractivity contribution in [1.82, 2.24) is 9.21 Å². The highest BCUT2D eigenvalue weighted by atomic mass is 32.2. The highest BCUT2D eigenvalue weighted by molar-refractivity contribution is 7.89. The third-order valence-corrected chi connectivity index (χ3v) is 8.94. The second-order valence-corrected chi connectivity index (χ2v) is 11.5. The molecular weight excluding hydrogens is 464 g/mol. The van der Waals surface area contributed by atoms with E-state index in [9.17, 15) is 18.0 Å². The molecule has 2 aromatic carbocycles. The number of sulfonamides is 1. The van der Waals surface area contributed by atoms with Crippen LogP contribution >= 0.6 is 0 Å². The van der Waals surface area contributed by atoms with Gasteiger partial charge in [0, 0.05) is 62.1 Å². The van der Waals surface area contributed by atoms with Gasteiger partial charge in [-0.1, -0.05) is 12.1 Å². The van der Waals surface area contributed by atoms with Crippen molar-refractivity contribution < 1.29 is 18.0 Å². The van der Waals surface area contributed by atoms with E-state index in [4.69, 9.17) is 0 Å². The molecule has 2 heterocycles. The van der Waals surface area contributed by atoms with Crippen molar-refractivity contribution in [2.24, 2.45) is 5.92 Å². The highest BCUT2D eigenvalue weighted by Gasteiger charge is 2.32. The van der Waals surface area contributed by atoms with E-state index in [-0.39, 0.29) is 35.6 Å². The summed E-state index contributed by atoms with van der Waals surface area (Å²) in [5, 5.41) is 3.03. The zero-order valence-corrected chi connectivity index (χ0v) is 21.5. The van der Waals surface area contributed by atoms with Crippen molar-refractivity contribution in [3.05, 3.63) is 53.6 Å². The molecular formula is C26H34N4O4S. The SMILES string of the molecule is CC(=O)c1ccc(S(=O)(=O)N2CCC(C(=O)Nc3ccc(N4CCN(C)CC4)c(C)c3)CC2)cc1. The number of carbonyl (C=O) groups excluding carboxylic acids is 2. The third kappa shape index (κ3) is 5.74. The van der Waals surface area contributed by atoms with Crippen LogP contribution in [0.5, 0.6) is 0 Å². The molecule has 0 radical (unpaired) electrons. The molecule has 1 amide bonds. The van der Waals surface area contributed by atoms with E-state index in [2.05, 4.69) is 35.2 Å². The quantitative estimate of drug-likeness (QED) is 0.616. The Balaban J connectivity index is 1.33. The van der Waals surface area contributed by atoms with Gasteiger partial charge in [-0.15, -0.1) is 0 Å². The molecule has 0 aliphatic carbocycles. The fourth-order valence-corrected chi connectivity index (χ4v) is 6.22. The number of anilines is 2. The number of carbonyl (C=O) groups is 2. The van der Waals surface area contributed by atoms with Gasteiger partial charge in [0.1, 0.15) is 0 Å². The lowest BCUT2D eigenvalue weighted by Crippen LogP contribution is -2.44. The maximum atomic E-state index is 13.0. The summed E-state index contributed by atoms with van der Waals surface area (Å²) >= 11 is 0. The van der Waals surface area contributed by atoms with Gasteiger partial charge in [0.05, 0.1) is 4.90 Å². The van der Waals surface area contributed by atoms with E-state index >= 15 is 0 Å². The zero-order chi connectivity index (χ0) is 25.2. The Morgan fingerprint density at radius 3 is 2.11 bits per heavy atom. The van der Waals surface area contributed by atoms with E-state index in [1.165, 1.54) is 41.2 Å². The van der Waals surface area contributed by atoms with Crippen LogP contribution < -0.4 is 10.2 Å². The Morgan fingerprint density at radius 2 is 1.54 bits per heavy atom. The van der Waals surface area contributed by atoms with Gasteiger partial charge < -0.3 is 15.1 Å². The Bertz CT molecular complexity index is 1180. The summed E-state index contributed by atoms with van der Waals surface area (Å²) in [4.78, 5) is 29.2. The minimum atomic E-state index is -3.65. The van der Waals surface area contributed by atoms with Gasteiger partial charge in [-0.2, -0.15) is 4.31 Å². The molecule has 188 valence electrons. The smallest absolute Gasteiger partial charge is 0.243 e. The molecule has 0 spiro atoms. The average molecular weight is 499 g/mol. The first kappa shape index (κ1) is 25.3. The number of hydrogen-bond donors (Lipinski definition) is 1. The lowest BCUT2D eigenvalue weighted by Gasteiger charge is -2.35. The summed E-state index contributed by atoms with van der Waals surface area (Å²) in [5.41, 5.74) is 3.58. The van der Waals surface area contributed by atoms with E-state index in [1.54, 1.807) is 0 Å². The molecule has 0 unspecified atom stereocenters. The first-order valence-electron chi connectivity index (χ1n) is 12.1. The Labute approximate surface area is 207 Å². The summed E-state index contributed by atoms with van der Waals surface area (Å²) in [5.74, 6) is -0.413. The monoisotopic (exact) mass is 498 g/mol. The molecule has 35 heavy (non-hydrogen) atoms. The normalized spacial score (nSPS) is 18.4. The van der Waals surface area contributed by atoms with Gasteiger partial charge in [-0.3, -0.25) is 9.59 Å². The van der Waals surface area contributed by atoms with Gasteiger partial charge in [-0.25, -0.2) is 8.42 Å². The standard InChI is InChI=1S/C26H34N4O4S/c1-19-18-23(6-9-25(19)29-16-14-28(3)15-17-29)27-26(32)22-10-12-30(13-11-22)35(33,34)24-7-4-21(5-8-24)20(2)31/h4-9,18,22H,10-17H2,1-3H3,(H,27,32). The number of Topliss-reactive ketones (excluding diaryl/α,β-unsaturated/α-hetero) is 1. The van der Waals surface area contributed by atoms with Gasteiger partial charge >= 0.3 is 0 Å². The number of nitrogens with one attached hydrogen (secondary N) is 1. The number of hydrogen-bond acceptors (Lipinski definition) is 6. The average Bonchev–Trinajstić information content (AvgIpc) is 2.85. The highest BCUT2D eigenvalue weighted by Crippen LogP contribution is 2.27. The number of nitrogens with zero attached hydrogens (tertiary/aromatic N) is 3. The lowest BCUT2D eigenvalue weighted by atomic mass is 9.97. The van der Waals surface area contributed by atoms with Crippen LogP contribution in [-0.2, 0) is 14.8 Å². The van der Waals surface area contributed by atoms with Crippen LogP contribution in [0.15, 0.2) is 47.4 Å². The third-order valence-electron chi connectivity index (χ3n) is 7.03. The van der Waals surface area contributed by atoms with Crippen molar-refractivity contribution in [3.8, 4) is 0 Å². The molecule has 0 bridgehead atoms. The van der Waals surface area contributed by atoms with Gasteiger partial charge in [0.2, 0.25) is 15.9 Å². The van der Waals surface area contributed by atoms with Crippen LogP contribution in [0.1, 0.15) is 35.7 Å². The Kier molecular flexibility index (Phi) is 7.59. The number of aryl methyl sites for hydroxylation is 1. The van der Waals surface area contributed by atoms with Crippen LogP contribution in [0.4, 0.5) is 11.4 Å². The molecule has 2 aliphatic heterocycles. The molecule has 1 N–H and O–H groups in total. The molecule has 0 aromatic heterocycles. The number of likely N-dealkylation sites (N-methyl/N-ethyl adjacent to an activating group) is 1. The minimum absolute atomic E-state index is 0.0698. The van der Waals surface area contributed by atoms with Crippen LogP contribution in [0.3, 0.4) is 0 Å². The number of piperidine rings is 1. The predicted octanol–water partition coefficient (Wildman–Crippen LogP) is 2.99. The molecule has 2 aromatic rings. The maximum absolute atomic E-state index is 13.0.